The first-order valence-electron chi connectivity index (χ1n) is 6.23. The summed E-state index contributed by atoms with van der Waals surface area (Å²) in [5.41, 5.74) is -0.246. The van der Waals surface area contributed by atoms with Crippen LogP contribution in [0.1, 0.15) is 39.5 Å². The van der Waals surface area contributed by atoms with Gasteiger partial charge in [0.1, 0.15) is 11.8 Å². The minimum atomic E-state index is -0.270. The summed E-state index contributed by atoms with van der Waals surface area (Å²) in [6.45, 7) is 4.98. The lowest BCUT2D eigenvalue weighted by Crippen LogP contribution is -2.49. The Bertz CT molecular complexity index is 259. The van der Waals surface area contributed by atoms with E-state index in [1.165, 1.54) is 12.8 Å². The molecule has 0 amide bonds. The summed E-state index contributed by atoms with van der Waals surface area (Å²) in [6, 6.07) is -0.270. The number of carbonyl (C=O) groups is 1. The van der Waals surface area contributed by atoms with Crippen LogP contribution in [0.15, 0.2) is 0 Å². The number of hydrogen-bond donors (Lipinski definition) is 1. The van der Waals surface area contributed by atoms with Crippen molar-refractivity contribution in [2.75, 3.05) is 13.2 Å². The second kappa shape index (κ2) is 4.72. The Balaban J connectivity index is 1.89. The number of rotatable bonds is 2. The first kappa shape index (κ1) is 11.9. The Morgan fingerprint density at radius 1 is 1.50 bits per heavy atom. The van der Waals surface area contributed by atoms with E-state index in [-0.39, 0.29) is 17.7 Å². The van der Waals surface area contributed by atoms with Crippen molar-refractivity contribution in [1.82, 2.24) is 5.32 Å². The molecule has 0 aromatic carbocycles. The molecule has 0 aromatic heterocycles. The molecule has 0 radical (unpaired) electrons. The Labute approximate surface area is 96.7 Å². The molecule has 1 spiro atoms. The van der Waals surface area contributed by atoms with Crippen molar-refractivity contribution >= 4 is 5.97 Å². The van der Waals surface area contributed by atoms with Crippen LogP contribution in [0.4, 0.5) is 0 Å². The zero-order chi connectivity index (χ0) is 11.6. The third kappa shape index (κ3) is 2.38. The van der Waals surface area contributed by atoms with E-state index in [4.69, 9.17) is 9.47 Å². The Morgan fingerprint density at radius 2 is 2.19 bits per heavy atom. The fourth-order valence-corrected chi connectivity index (χ4v) is 2.53. The van der Waals surface area contributed by atoms with Gasteiger partial charge in [-0.2, -0.15) is 0 Å². The lowest BCUT2D eigenvalue weighted by molar-refractivity contribution is -0.145. The summed E-state index contributed by atoms with van der Waals surface area (Å²) >= 11 is 0. The van der Waals surface area contributed by atoms with E-state index in [0.29, 0.717) is 13.2 Å². The molecule has 1 saturated heterocycles. The normalized spacial score (nSPS) is 38.9. The van der Waals surface area contributed by atoms with Crippen LogP contribution in [-0.2, 0) is 14.3 Å². The monoisotopic (exact) mass is 227 g/mol. The van der Waals surface area contributed by atoms with Crippen molar-refractivity contribution in [1.29, 1.82) is 0 Å². The fourth-order valence-electron chi connectivity index (χ4n) is 2.53. The zero-order valence-corrected chi connectivity index (χ0v) is 10.1. The third-order valence-electron chi connectivity index (χ3n) is 3.62. The van der Waals surface area contributed by atoms with Crippen molar-refractivity contribution in [3.8, 4) is 0 Å². The van der Waals surface area contributed by atoms with Gasteiger partial charge in [-0.25, -0.2) is 0 Å². The Morgan fingerprint density at radius 3 is 2.81 bits per heavy atom. The van der Waals surface area contributed by atoms with Crippen LogP contribution in [0.2, 0.25) is 0 Å². The summed E-state index contributed by atoms with van der Waals surface area (Å²) in [6.07, 6.45) is 4.35. The summed E-state index contributed by atoms with van der Waals surface area (Å²) in [7, 11) is 0. The average Bonchev–Trinajstić information content (AvgIpc) is 2.68. The van der Waals surface area contributed by atoms with Gasteiger partial charge in [0.2, 0.25) is 0 Å². The molecule has 4 nitrogen and oxygen atoms in total. The maximum Gasteiger partial charge on any atom is 0.325 e. The Hall–Kier alpha value is -0.610. The summed E-state index contributed by atoms with van der Waals surface area (Å²) in [4.78, 5) is 11.6. The standard InChI is InChI=1S/C12H21NO3/c1-3-15-11(14)10-8-16-12(13-10)6-4-9(2)5-7-12/h9-10,13H,3-8H2,1-2H3. The van der Waals surface area contributed by atoms with Crippen molar-refractivity contribution < 1.29 is 14.3 Å². The first-order valence-corrected chi connectivity index (χ1v) is 6.23. The molecule has 92 valence electrons. The lowest BCUT2D eigenvalue weighted by Gasteiger charge is -2.35. The van der Waals surface area contributed by atoms with Gasteiger partial charge < -0.3 is 9.47 Å². The molecule has 2 aliphatic rings. The smallest absolute Gasteiger partial charge is 0.325 e. The van der Waals surface area contributed by atoms with Gasteiger partial charge in [0.15, 0.2) is 0 Å². The molecule has 1 aliphatic carbocycles. The van der Waals surface area contributed by atoms with Gasteiger partial charge in [-0.15, -0.1) is 0 Å². The highest BCUT2D eigenvalue weighted by atomic mass is 16.6. The van der Waals surface area contributed by atoms with Crippen LogP contribution in [0.5, 0.6) is 0 Å². The molecule has 1 unspecified atom stereocenters. The van der Waals surface area contributed by atoms with Crippen LogP contribution < -0.4 is 5.32 Å². The molecule has 0 bridgehead atoms. The second-order valence-electron chi connectivity index (χ2n) is 4.94. The average molecular weight is 227 g/mol. The van der Waals surface area contributed by atoms with E-state index in [1.54, 1.807) is 0 Å². The molecule has 0 aromatic rings. The van der Waals surface area contributed by atoms with Crippen molar-refractivity contribution in [2.45, 2.75) is 51.3 Å². The fraction of sp³-hybridized carbons (Fsp3) is 0.917. The number of ether oxygens (including phenoxy) is 2. The predicted octanol–water partition coefficient (Wildman–Crippen LogP) is 1.44. The lowest BCUT2D eigenvalue weighted by atomic mass is 9.85. The highest BCUT2D eigenvalue weighted by Gasteiger charge is 2.44. The molecular formula is C12H21NO3. The number of nitrogens with one attached hydrogen (secondary N) is 1. The van der Waals surface area contributed by atoms with E-state index in [1.807, 2.05) is 6.92 Å². The summed E-state index contributed by atoms with van der Waals surface area (Å²) < 4.78 is 10.8. The van der Waals surface area contributed by atoms with Crippen LogP contribution in [-0.4, -0.2) is 30.9 Å². The molecule has 1 atom stereocenters. The first-order chi connectivity index (χ1) is 7.65. The van der Waals surface area contributed by atoms with Crippen molar-refractivity contribution in [2.24, 2.45) is 5.92 Å². The molecule has 2 rings (SSSR count). The van der Waals surface area contributed by atoms with E-state index in [0.717, 1.165) is 18.8 Å². The maximum atomic E-state index is 11.6. The molecule has 16 heavy (non-hydrogen) atoms. The molecule has 4 heteroatoms. The second-order valence-corrected chi connectivity index (χ2v) is 4.94. The number of esters is 1. The van der Waals surface area contributed by atoms with E-state index >= 15 is 0 Å². The zero-order valence-electron chi connectivity index (χ0n) is 10.1. The van der Waals surface area contributed by atoms with Crippen molar-refractivity contribution in [3.63, 3.8) is 0 Å². The van der Waals surface area contributed by atoms with Gasteiger partial charge >= 0.3 is 5.97 Å². The Kier molecular flexibility index (Phi) is 3.50. The molecule has 1 aliphatic heterocycles. The van der Waals surface area contributed by atoms with Crippen LogP contribution in [0, 0.1) is 5.92 Å². The van der Waals surface area contributed by atoms with Crippen LogP contribution in [0.25, 0.3) is 0 Å². The van der Waals surface area contributed by atoms with Gasteiger partial charge in [0.05, 0.1) is 13.2 Å². The highest BCUT2D eigenvalue weighted by Crippen LogP contribution is 2.35. The van der Waals surface area contributed by atoms with Crippen LogP contribution >= 0.6 is 0 Å². The summed E-state index contributed by atoms with van der Waals surface area (Å²) in [5.74, 6) is 0.593. The van der Waals surface area contributed by atoms with E-state index in [2.05, 4.69) is 12.2 Å². The minimum Gasteiger partial charge on any atom is -0.465 e. The van der Waals surface area contributed by atoms with Gasteiger partial charge in [-0.05, 0) is 38.5 Å². The quantitative estimate of drug-likeness (QED) is 0.725. The van der Waals surface area contributed by atoms with Gasteiger partial charge in [-0.3, -0.25) is 10.1 Å². The van der Waals surface area contributed by atoms with Gasteiger partial charge in [-0.1, -0.05) is 6.92 Å². The topological polar surface area (TPSA) is 47.6 Å². The van der Waals surface area contributed by atoms with Gasteiger partial charge in [0, 0.05) is 0 Å². The van der Waals surface area contributed by atoms with E-state index in [9.17, 15) is 4.79 Å². The molecule has 1 N–H and O–H groups in total. The van der Waals surface area contributed by atoms with E-state index < -0.39 is 0 Å². The molecule has 2 fully saturated rings. The molecule has 1 heterocycles. The third-order valence-corrected chi connectivity index (χ3v) is 3.62. The van der Waals surface area contributed by atoms with Gasteiger partial charge in [0.25, 0.3) is 0 Å². The van der Waals surface area contributed by atoms with Crippen molar-refractivity contribution in [3.05, 3.63) is 0 Å². The molecule has 1 saturated carbocycles. The maximum absolute atomic E-state index is 11.6. The summed E-state index contributed by atoms with van der Waals surface area (Å²) in [5, 5.41) is 3.31. The highest BCUT2D eigenvalue weighted by molar-refractivity contribution is 5.76. The SMILES string of the molecule is CCOC(=O)C1COC2(CCC(C)CC2)N1. The number of carbonyl (C=O) groups excluding carboxylic acids is 1. The largest absolute Gasteiger partial charge is 0.465 e. The minimum absolute atomic E-state index is 0.182. The predicted molar refractivity (Wildman–Crippen MR) is 59.9 cm³/mol. The molecular weight excluding hydrogens is 206 g/mol. The van der Waals surface area contributed by atoms with Crippen LogP contribution in [0.3, 0.4) is 0 Å². The number of hydrogen-bond acceptors (Lipinski definition) is 4.